The third-order valence-corrected chi connectivity index (χ3v) is 5.62. The van der Waals surface area contributed by atoms with Gasteiger partial charge in [-0.3, -0.25) is 9.78 Å². The van der Waals surface area contributed by atoms with E-state index in [1.54, 1.807) is 12.4 Å². The molecule has 2 aromatic rings. The molecule has 1 saturated carbocycles. The van der Waals surface area contributed by atoms with Crippen LogP contribution in [0.5, 0.6) is 0 Å². The number of halogens is 1. The fourth-order valence-corrected chi connectivity index (χ4v) is 4.31. The van der Waals surface area contributed by atoms with E-state index in [0.717, 1.165) is 29.2 Å². The predicted molar refractivity (Wildman–Crippen MR) is 99.2 cm³/mol. The number of rotatable bonds is 5. The average molecular weight is 345 g/mol. The normalized spacial score (nSPS) is 18.5. The van der Waals surface area contributed by atoms with E-state index in [-0.39, 0.29) is 17.7 Å². The average Bonchev–Trinajstić information content (AvgIpc) is 2.56. The molecule has 4 heteroatoms. The summed E-state index contributed by atoms with van der Waals surface area (Å²) in [4.78, 5) is 17.1. The van der Waals surface area contributed by atoms with Gasteiger partial charge in [0.05, 0.1) is 0 Å². The standard InChI is InChI=1S/C20H25ClN2O/c1-13(22)20(14-5-3-2-4-6-14)19(24)11-16-9-15-7-8-23-12-17(15)10-18(16)21/h7-10,12-14,20H,2-6,11,22H2,1H3/t13?,20-/m1/s1. The Morgan fingerprint density at radius 2 is 2.04 bits per heavy atom. The van der Waals surface area contributed by atoms with Crippen molar-refractivity contribution in [3.8, 4) is 0 Å². The lowest BCUT2D eigenvalue weighted by molar-refractivity contribution is -0.124. The fraction of sp³-hybridized carbons (Fsp3) is 0.500. The Bertz CT molecular complexity index is 723. The van der Waals surface area contributed by atoms with Gasteiger partial charge >= 0.3 is 0 Å². The fourth-order valence-electron chi connectivity index (χ4n) is 4.08. The smallest absolute Gasteiger partial charge is 0.142 e. The molecule has 0 amide bonds. The molecule has 1 aliphatic carbocycles. The summed E-state index contributed by atoms with van der Waals surface area (Å²) in [5, 5.41) is 2.69. The second kappa shape index (κ2) is 7.62. The van der Waals surface area contributed by atoms with Crippen molar-refractivity contribution in [3.63, 3.8) is 0 Å². The summed E-state index contributed by atoms with van der Waals surface area (Å²) in [5.41, 5.74) is 7.08. The Kier molecular flexibility index (Phi) is 5.52. The molecule has 1 aromatic heterocycles. The number of pyridine rings is 1. The Morgan fingerprint density at radius 1 is 1.29 bits per heavy atom. The van der Waals surface area contributed by atoms with Gasteiger partial charge in [-0.2, -0.15) is 0 Å². The number of benzene rings is 1. The predicted octanol–water partition coefficient (Wildman–Crippen LogP) is 4.54. The molecule has 1 aliphatic rings. The molecule has 0 bridgehead atoms. The second-order valence-corrected chi connectivity index (χ2v) is 7.50. The van der Waals surface area contributed by atoms with Crippen molar-refractivity contribution in [1.82, 2.24) is 4.98 Å². The van der Waals surface area contributed by atoms with Crippen LogP contribution in [0.15, 0.2) is 30.6 Å². The van der Waals surface area contributed by atoms with Gasteiger partial charge in [-0.05, 0) is 54.8 Å². The Hall–Kier alpha value is -1.45. The van der Waals surface area contributed by atoms with E-state index >= 15 is 0 Å². The lowest BCUT2D eigenvalue weighted by atomic mass is 9.74. The number of ketones is 1. The monoisotopic (exact) mass is 344 g/mol. The highest BCUT2D eigenvalue weighted by Gasteiger charge is 2.32. The highest BCUT2D eigenvalue weighted by molar-refractivity contribution is 6.32. The van der Waals surface area contributed by atoms with Crippen LogP contribution >= 0.6 is 11.6 Å². The van der Waals surface area contributed by atoms with E-state index in [0.29, 0.717) is 17.4 Å². The number of aromatic nitrogens is 1. The van der Waals surface area contributed by atoms with Gasteiger partial charge < -0.3 is 5.73 Å². The van der Waals surface area contributed by atoms with Crippen LogP contribution in [0.4, 0.5) is 0 Å². The Morgan fingerprint density at radius 3 is 2.75 bits per heavy atom. The summed E-state index contributed by atoms with van der Waals surface area (Å²) in [6, 6.07) is 5.75. The summed E-state index contributed by atoms with van der Waals surface area (Å²) in [6.07, 6.45) is 9.86. The van der Waals surface area contributed by atoms with Crippen molar-refractivity contribution >= 4 is 28.2 Å². The molecule has 0 saturated heterocycles. The van der Waals surface area contributed by atoms with Gasteiger partial charge in [0.1, 0.15) is 5.78 Å². The van der Waals surface area contributed by atoms with Gasteiger partial charge in [-0.25, -0.2) is 0 Å². The summed E-state index contributed by atoms with van der Waals surface area (Å²) in [6.45, 7) is 1.96. The zero-order valence-corrected chi connectivity index (χ0v) is 14.9. The lowest BCUT2D eigenvalue weighted by Crippen LogP contribution is -2.40. The van der Waals surface area contributed by atoms with Crippen LogP contribution in [0.2, 0.25) is 5.02 Å². The number of hydrogen-bond acceptors (Lipinski definition) is 3. The molecule has 2 N–H and O–H groups in total. The zero-order chi connectivity index (χ0) is 17.1. The number of nitrogens with zero attached hydrogens (tertiary/aromatic N) is 1. The highest BCUT2D eigenvalue weighted by atomic mass is 35.5. The summed E-state index contributed by atoms with van der Waals surface area (Å²) in [5.74, 6) is 0.594. The van der Waals surface area contributed by atoms with Gasteiger partial charge in [0, 0.05) is 41.2 Å². The summed E-state index contributed by atoms with van der Waals surface area (Å²) in [7, 11) is 0. The van der Waals surface area contributed by atoms with Gasteiger partial charge in [0.2, 0.25) is 0 Å². The first kappa shape index (κ1) is 17.4. The van der Waals surface area contributed by atoms with Crippen LogP contribution in [0.25, 0.3) is 10.8 Å². The largest absolute Gasteiger partial charge is 0.327 e. The molecule has 0 radical (unpaired) electrons. The molecule has 3 rings (SSSR count). The maximum Gasteiger partial charge on any atom is 0.142 e. The van der Waals surface area contributed by atoms with Crippen LogP contribution < -0.4 is 5.73 Å². The van der Waals surface area contributed by atoms with Crippen LogP contribution in [0, 0.1) is 11.8 Å². The van der Waals surface area contributed by atoms with Crippen molar-refractivity contribution in [2.75, 3.05) is 0 Å². The first-order valence-electron chi connectivity index (χ1n) is 8.86. The number of hydrogen-bond donors (Lipinski definition) is 1. The van der Waals surface area contributed by atoms with Crippen molar-refractivity contribution in [2.45, 2.75) is 51.5 Å². The van der Waals surface area contributed by atoms with Crippen LogP contribution in [0.1, 0.15) is 44.6 Å². The minimum Gasteiger partial charge on any atom is -0.327 e. The van der Waals surface area contributed by atoms with E-state index in [2.05, 4.69) is 4.98 Å². The maximum atomic E-state index is 13.0. The third kappa shape index (κ3) is 3.79. The second-order valence-electron chi connectivity index (χ2n) is 7.09. The summed E-state index contributed by atoms with van der Waals surface area (Å²) >= 11 is 6.41. The van der Waals surface area contributed by atoms with E-state index in [1.165, 1.54) is 19.3 Å². The molecule has 128 valence electrons. The van der Waals surface area contributed by atoms with Crippen molar-refractivity contribution in [2.24, 2.45) is 17.6 Å². The molecule has 2 atom stereocenters. The van der Waals surface area contributed by atoms with Gasteiger partial charge in [-0.1, -0.05) is 30.9 Å². The SMILES string of the molecule is CC(N)[C@@H](C(=O)Cc1cc2ccncc2cc1Cl)C1CCCCC1. The summed E-state index contributed by atoms with van der Waals surface area (Å²) < 4.78 is 0. The molecular weight excluding hydrogens is 320 g/mol. The number of fused-ring (bicyclic) bond motifs is 1. The molecule has 0 spiro atoms. The van der Waals surface area contributed by atoms with E-state index in [9.17, 15) is 4.79 Å². The molecular formula is C20H25ClN2O. The maximum absolute atomic E-state index is 13.0. The van der Waals surface area contributed by atoms with Gasteiger partial charge in [0.25, 0.3) is 0 Å². The lowest BCUT2D eigenvalue weighted by Gasteiger charge is -2.32. The highest BCUT2D eigenvalue weighted by Crippen LogP contribution is 2.33. The topological polar surface area (TPSA) is 56.0 Å². The van der Waals surface area contributed by atoms with E-state index in [1.807, 2.05) is 25.1 Å². The first-order valence-corrected chi connectivity index (χ1v) is 9.24. The van der Waals surface area contributed by atoms with Crippen molar-refractivity contribution in [3.05, 3.63) is 41.2 Å². The Labute approximate surface area is 148 Å². The van der Waals surface area contributed by atoms with Crippen molar-refractivity contribution in [1.29, 1.82) is 0 Å². The zero-order valence-electron chi connectivity index (χ0n) is 14.2. The number of nitrogens with two attached hydrogens (primary N) is 1. The molecule has 1 aromatic carbocycles. The van der Waals surface area contributed by atoms with Crippen LogP contribution in [-0.2, 0) is 11.2 Å². The van der Waals surface area contributed by atoms with Crippen molar-refractivity contribution < 1.29 is 4.79 Å². The van der Waals surface area contributed by atoms with Crippen LogP contribution in [0.3, 0.4) is 0 Å². The molecule has 1 fully saturated rings. The minimum absolute atomic E-state index is 0.0606. The molecule has 1 unspecified atom stereocenters. The number of carbonyl (C=O) groups excluding carboxylic acids is 1. The molecule has 24 heavy (non-hydrogen) atoms. The van der Waals surface area contributed by atoms with E-state index in [4.69, 9.17) is 17.3 Å². The van der Waals surface area contributed by atoms with Gasteiger partial charge in [-0.15, -0.1) is 0 Å². The molecule has 3 nitrogen and oxygen atoms in total. The molecule has 0 aliphatic heterocycles. The van der Waals surface area contributed by atoms with E-state index < -0.39 is 0 Å². The van der Waals surface area contributed by atoms with Gasteiger partial charge in [0.15, 0.2) is 0 Å². The first-order chi connectivity index (χ1) is 11.6. The van der Waals surface area contributed by atoms with Crippen LogP contribution in [-0.4, -0.2) is 16.8 Å². The minimum atomic E-state index is -0.107. The Balaban J connectivity index is 1.82. The number of Topliss-reactive ketones (excluding diaryl/α,β-unsaturated/α-hetero) is 1. The quantitative estimate of drug-likeness (QED) is 0.866. The third-order valence-electron chi connectivity index (χ3n) is 5.27. The number of carbonyl (C=O) groups is 1. The molecule has 1 heterocycles.